The monoisotopic (exact) mass is 191 g/mol. The van der Waals surface area contributed by atoms with Gasteiger partial charge in [-0.1, -0.05) is 12.8 Å². The van der Waals surface area contributed by atoms with Crippen LogP contribution in [0.3, 0.4) is 0 Å². The average Bonchev–Trinajstić information content (AvgIpc) is 2.11. The zero-order valence-electron chi connectivity index (χ0n) is 7.66. The van der Waals surface area contributed by atoms with Crippen molar-refractivity contribution in [3.8, 4) is 0 Å². The molecule has 0 unspecified atom stereocenters. The van der Waals surface area contributed by atoms with Crippen LogP contribution in [-0.2, 0) is 4.74 Å². The van der Waals surface area contributed by atoms with Crippen LogP contribution in [0.2, 0.25) is 0 Å². The van der Waals surface area contributed by atoms with Crippen LogP contribution in [0.5, 0.6) is 0 Å². The summed E-state index contributed by atoms with van der Waals surface area (Å²) in [4.78, 5) is 0. The molecule has 0 radical (unpaired) electrons. The Balaban J connectivity index is 2.52. The summed E-state index contributed by atoms with van der Waals surface area (Å²) in [5.41, 5.74) is -0.675. The number of nitrogens with zero attached hydrogens (tertiary/aromatic N) is 1. The van der Waals surface area contributed by atoms with Crippen molar-refractivity contribution in [2.24, 2.45) is 5.92 Å². The van der Waals surface area contributed by atoms with Crippen molar-refractivity contribution >= 4 is 12.8 Å². The summed E-state index contributed by atoms with van der Waals surface area (Å²) >= 11 is 4.26. The van der Waals surface area contributed by atoms with Crippen LogP contribution in [0.15, 0.2) is 0 Å². The minimum absolute atomic E-state index is 0.150. The second kappa shape index (κ2) is 3.96. The molecule has 1 aliphatic rings. The lowest BCUT2D eigenvalue weighted by Crippen LogP contribution is -2.38. The van der Waals surface area contributed by atoms with Crippen LogP contribution in [0, 0.1) is 5.92 Å². The highest BCUT2D eigenvalue weighted by molar-refractivity contribution is 7.77. The second-order valence-corrected chi connectivity index (χ2v) is 4.40. The first kappa shape index (κ1) is 10.3. The van der Waals surface area contributed by atoms with E-state index in [1.807, 2.05) is 18.2 Å². The van der Waals surface area contributed by atoms with Crippen molar-refractivity contribution in [3.63, 3.8) is 0 Å². The Kier molecular flexibility index (Phi) is 3.40. The molecule has 0 aromatic heterocycles. The fraction of sp³-hybridized carbons (Fsp3) is 1.00. The third kappa shape index (κ3) is 2.94. The maximum Gasteiger partial charge on any atom is 0.0654 e. The zero-order chi connectivity index (χ0) is 9.19. The third-order valence-electron chi connectivity index (χ3n) is 2.24. The first-order valence-corrected chi connectivity index (χ1v) is 4.64. The Bertz CT molecular complexity index is 146. The van der Waals surface area contributed by atoms with E-state index in [0.29, 0.717) is 13.2 Å². The van der Waals surface area contributed by atoms with E-state index in [4.69, 9.17) is 4.74 Å². The van der Waals surface area contributed by atoms with Gasteiger partial charge >= 0.3 is 0 Å². The average molecular weight is 191 g/mol. The smallest absolute Gasteiger partial charge is 0.0654 e. The number of hydrogen-bond donors (Lipinski definition) is 2. The molecule has 0 aromatic carbocycles. The van der Waals surface area contributed by atoms with Crippen molar-refractivity contribution < 1.29 is 9.84 Å². The largest absolute Gasteiger partial charge is 0.390 e. The molecule has 1 atom stereocenters. The fourth-order valence-electron chi connectivity index (χ4n) is 1.22. The lowest BCUT2D eigenvalue weighted by atomic mass is 9.92. The van der Waals surface area contributed by atoms with Crippen LogP contribution in [-0.4, -0.2) is 41.3 Å². The molecule has 1 saturated heterocycles. The first-order chi connectivity index (χ1) is 5.50. The minimum Gasteiger partial charge on any atom is -0.390 e. The lowest BCUT2D eigenvalue weighted by molar-refractivity contribution is -0.0186. The molecule has 4 heteroatoms. The molecule has 1 fully saturated rings. The molecule has 3 nitrogen and oxygen atoms in total. The van der Waals surface area contributed by atoms with Crippen molar-refractivity contribution in [1.29, 1.82) is 0 Å². The standard InChI is InChI=1S/C8H17NO2S/c1-8(2,10)7-5-9(12)3-4-11-6-7/h7,10,12H,3-6H2,1-2H3/t7-/m0/s1. The summed E-state index contributed by atoms with van der Waals surface area (Å²) in [5.74, 6) is 0.150. The SMILES string of the molecule is CC(C)(O)[C@@H]1COCCN(S)C1. The number of aliphatic hydroxyl groups is 1. The number of thiol groups is 1. The van der Waals surface area contributed by atoms with Gasteiger partial charge in [-0.05, 0) is 13.8 Å². The molecule has 0 saturated carbocycles. The molecule has 0 amide bonds. The Labute approximate surface area is 79.2 Å². The molecule has 0 aromatic rings. The van der Waals surface area contributed by atoms with Gasteiger partial charge in [-0.25, -0.2) is 0 Å². The molecule has 72 valence electrons. The maximum atomic E-state index is 9.74. The van der Waals surface area contributed by atoms with E-state index in [0.717, 1.165) is 13.1 Å². The summed E-state index contributed by atoms with van der Waals surface area (Å²) in [6.45, 7) is 6.57. The predicted octanol–water partition coefficient (Wildman–Crippen LogP) is 0.550. The van der Waals surface area contributed by atoms with Gasteiger partial charge in [0, 0.05) is 19.0 Å². The van der Waals surface area contributed by atoms with Crippen molar-refractivity contribution in [1.82, 2.24) is 4.31 Å². The van der Waals surface area contributed by atoms with E-state index in [1.54, 1.807) is 0 Å². The summed E-state index contributed by atoms with van der Waals surface area (Å²) in [6, 6.07) is 0. The van der Waals surface area contributed by atoms with Gasteiger partial charge in [0.15, 0.2) is 0 Å². The van der Waals surface area contributed by atoms with Gasteiger partial charge in [0.25, 0.3) is 0 Å². The first-order valence-electron chi connectivity index (χ1n) is 4.24. The molecule has 0 spiro atoms. The Morgan fingerprint density at radius 2 is 2.25 bits per heavy atom. The quantitative estimate of drug-likeness (QED) is 0.594. The van der Waals surface area contributed by atoms with Crippen molar-refractivity contribution in [3.05, 3.63) is 0 Å². The molecule has 1 N–H and O–H groups in total. The molecule has 12 heavy (non-hydrogen) atoms. The van der Waals surface area contributed by atoms with E-state index in [-0.39, 0.29) is 5.92 Å². The molecule has 0 bridgehead atoms. The highest BCUT2D eigenvalue weighted by Gasteiger charge is 2.29. The second-order valence-electron chi connectivity index (χ2n) is 3.84. The van der Waals surface area contributed by atoms with Crippen LogP contribution in [0.25, 0.3) is 0 Å². The van der Waals surface area contributed by atoms with Gasteiger partial charge in [-0.2, -0.15) is 0 Å². The normalized spacial score (nSPS) is 28.5. The Hall–Kier alpha value is 0.230. The fourth-order valence-corrected chi connectivity index (χ4v) is 1.50. The van der Waals surface area contributed by atoms with Crippen LogP contribution >= 0.6 is 12.8 Å². The molecule has 1 heterocycles. The Morgan fingerprint density at radius 1 is 1.58 bits per heavy atom. The highest BCUT2D eigenvalue weighted by atomic mass is 32.1. The van der Waals surface area contributed by atoms with Crippen LogP contribution in [0.4, 0.5) is 0 Å². The lowest BCUT2D eigenvalue weighted by Gasteiger charge is -2.29. The van der Waals surface area contributed by atoms with Gasteiger partial charge in [-0.3, -0.25) is 4.31 Å². The number of ether oxygens (including phenoxy) is 1. The third-order valence-corrected chi connectivity index (χ3v) is 2.61. The topological polar surface area (TPSA) is 32.7 Å². The Morgan fingerprint density at radius 3 is 2.83 bits per heavy atom. The van der Waals surface area contributed by atoms with Gasteiger partial charge in [-0.15, -0.1) is 0 Å². The molecular formula is C8H17NO2S. The van der Waals surface area contributed by atoms with Crippen LogP contribution in [0.1, 0.15) is 13.8 Å². The number of rotatable bonds is 1. The number of hydrogen-bond acceptors (Lipinski definition) is 4. The maximum absolute atomic E-state index is 9.74. The predicted molar refractivity (Wildman–Crippen MR) is 51.2 cm³/mol. The summed E-state index contributed by atoms with van der Waals surface area (Å²) in [7, 11) is 0. The van der Waals surface area contributed by atoms with Gasteiger partial charge < -0.3 is 9.84 Å². The van der Waals surface area contributed by atoms with E-state index in [2.05, 4.69) is 12.8 Å². The summed E-state index contributed by atoms with van der Waals surface area (Å²) < 4.78 is 7.25. The van der Waals surface area contributed by atoms with Gasteiger partial charge in [0.05, 0.1) is 18.8 Å². The molecule has 1 aliphatic heterocycles. The minimum atomic E-state index is -0.675. The van der Waals surface area contributed by atoms with E-state index in [9.17, 15) is 5.11 Å². The van der Waals surface area contributed by atoms with Crippen molar-refractivity contribution in [2.45, 2.75) is 19.4 Å². The molecular weight excluding hydrogens is 174 g/mol. The van der Waals surface area contributed by atoms with E-state index >= 15 is 0 Å². The summed E-state index contributed by atoms with van der Waals surface area (Å²) in [6.07, 6.45) is 0. The molecule has 1 rings (SSSR count). The molecule has 0 aliphatic carbocycles. The van der Waals surface area contributed by atoms with Crippen molar-refractivity contribution in [2.75, 3.05) is 26.3 Å². The van der Waals surface area contributed by atoms with Gasteiger partial charge in [0.2, 0.25) is 0 Å². The van der Waals surface area contributed by atoms with E-state index < -0.39 is 5.60 Å². The highest BCUT2D eigenvalue weighted by Crippen LogP contribution is 2.20. The van der Waals surface area contributed by atoms with E-state index in [1.165, 1.54) is 0 Å². The zero-order valence-corrected chi connectivity index (χ0v) is 8.55. The van der Waals surface area contributed by atoms with Crippen LogP contribution < -0.4 is 0 Å². The van der Waals surface area contributed by atoms with Gasteiger partial charge in [0.1, 0.15) is 0 Å². The summed E-state index contributed by atoms with van der Waals surface area (Å²) in [5, 5.41) is 9.74.